The molecule has 0 bridgehead atoms. The van der Waals surface area contributed by atoms with Gasteiger partial charge in [0.05, 0.1) is 0 Å². The molecule has 0 amide bonds. The van der Waals surface area contributed by atoms with Crippen molar-refractivity contribution in [1.29, 1.82) is 0 Å². The monoisotopic (exact) mass is 299 g/mol. The molecule has 3 heteroatoms. The minimum atomic E-state index is 1.03. The number of benzene rings is 1. The molecule has 0 atom stereocenters. The van der Waals surface area contributed by atoms with Gasteiger partial charge in [-0.05, 0) is 67.8 Å². The second-order valence-electron chi connectivity index (χ2n) is 4.90. The van der Waals surface area contributed by atoms with Gasteiger partial charge in [-0.15, -0.1) is 11.3 Å². The van der Waals surface area contributed by atoms with E-state index in [0.29, 0.717) is 0 Å². The first-order valence-corrected chi connectivity index (χ1v) is 8.26. The van der Waals surface area contributed by atoms with Crippen LogP contribution in [0.1, 0.15) is 21.0 Å². The van der Waals surface area contributed by atoms with E-state index in [0.717, 1.165) is 6.42 Å². The predicted octanol–water partition coefficient (Wildman–Crippen LogP) is 5.31. The number of nitrogens with zero attached hydrogens (tertiary/aromatic N) is 1. The highest BCUT2D eigenvalue weighted by Gasteiger charge is 2.02. The normalized spacial score (nSPS) is 10.9. The second kappa shape index (κ2) is 5.90. The highest BCUT2D eigenvalue weighted by atomic mass is 32.2. The van der Waals surface area contributed by atoms with Gasteiger partial charge in [-0.1, -0.05) is 12.1 Å². The summed E-state index contributed by atoms with van der Waals surface area (Å²) in [5, 5.41) is 0. The third-order valence-corrected chi connectivity index (χ3v) is 5.30. The van der Waals surface area contributed by atoms with Crippen LogP contribution < -0.4 is 0 Å². The van der Waals surface area contributed by atoms with Gasteiger partial charge in [0.1, 0.15) is 0 Å². The average Bonchev–Trinajstić information content (AvgIpc) is 3.02. The fourth-order valence-electron chi connectivity index (χ4n) is 2.12. The van der Waals surface area contributed by atoms with Crippen LogP contribution in [0.3, 0.4) is 0 Å². The number of hydrogen-bond donors (Lipinski definition) is 0. The van der Waals surface area contributed by atoms with Crippen molar-refractivity contribution >= 4 is 23.3 Å². The Balaban J connectivity index is 1.70. The molecule has 0 N–H and O–H groups in total. The maximum absolute atomic E-state index is 2.23. The van der Waals surface area contributed by atoms with Crippen LogP contribution in [0.25, 0.3) is 0 Å². The Morgan fingerprint density at radius 1 is 1.00 bits per heavy atom. The summed E-state index contributed by atoms with van der Waals surface area (Å²) >= 11 is 3.64. The van der Waals surface area contributed by atoms with Gasteiger partial charge in [-0.25, -0.2) is 0 Å². The van der Waals surface area contributed by atoms with Crippen LogP contribution in [0, 0.1) is 13.8 Å². The first kappa shape index (κ1) is 13.5. The third-order valence-electron chi connectivity index (χ3n) is 3.21. The van der Waals surface area contributed by atoms with Crippen molar-refractivity contribution in [1.82, 2.24) is 3.97 Å². The molecule has 20 heavy (non-hydrogen) atoms. The lowest BCUT2D eigenvalue weighted by atomic mass is 10.1. The molecule has 2 aromatic heterocycles. The Hall–Kier alpha value is -1.45. The lowest BCUT2D eigenvalue weighted by Gasteiger charge is -2.06. The zero-order valence-corrected chi connectivity index (χ0v) is 13.3. The number of hydrogen-bond acceptors (Lipinski definition) is 2. The summed E-state index contributed by atoms with van der Waals surface area (Å²) < 4.78 is 2.19. The van der Waals surface area contributed by atoms with Gasteiger partial charge in [0, 0.05) is 33.0 Å². The maximum atomic E-state index is 2.23. The number of aromatic nitrogens is 1. The van der Waals surface area contributed by atoms with Gasteiger partial charge in [0.15, 0.2) is 0 Å². The molecule has 0 saturated carbocycles. The van der Waals surface area contributed by atoms with E-state index < -0.39 is 0 Å². The van der Waals surface area contributed by atoms with E-state index in [2.05, 4.69) is 72.5 Å². The van der Waals surface area contributed by atoms with E-state index in [9.17, 15) is 0 Å². The van der Waals surface area contributed by atoms with Crippen molar-refractivity contribution in [3.05, 3.63) is 75.7 Å². The van der Waals surface area contributed by atoms with Crippen LogP contribution in [0.4, 0.5) is 0 Å². The molecule has 1 nitrogen and oxygen atoms in total. The summed E-state index contributed by atoms with van der Waals surface area (Å²) in [4.78, 5) is 4.09. The molecule has 0 radical (unpaired) electrons. The van der Waals surface area contributed by atoms with Gasteiger partial charge in [0.2, 0.25) is 0 Å². The minimum Gasteiger partial charge on any atom is -0.292 e. The van der Waals surface area contributed by atoms with E-state index in [1.165, 1.54) is 25.9 Å². The Labute approximate surface area is 128 Å². The number of thiophene rings is 1. The quantitative estimate of drug-likeness (QED) is 0.632. The van der Waals surface area contributed by atoms with Gasteiger partial charge in [0.25, 0.3) is 0 Å². The second-order valence-corrected chi connectivity index (χ2v) is 7.32. The van der Waals surface area contributed by atoms with Crippen LogP contribution in [-0.4, -0.2) is 3.97 Å². The van der Waals surface area contributed by atoms with Gasteiger partial charge in [-0.2, -0.15) is 0 Å². The fourth-order valence-corrected chi connectivity index (χ4v) is 3.86. The molecule has 3 rings (SSSR count). The fraction of sp³-hybridized carbons (Fsp3) is 0.176. The van der Waals surface area contributed by atoms with E-state index in [1.54, 1.807) is 11.9 Å². The Kier molecular flexibility index (Phi) is 3.99. The molecule has 0 aliphatic heterocycles. The standard InChI is InChI=1S/C17H17NS2/c1-13-4-3-11-18(13)20-16-9-6-15(7-10-16)12-17-8-5-14(2)19-17/h3-11H,12H2,1-2H3. The molecule has 0 spiro atoms. The van der Waals surface area contributed by atoms with Crippen molar-refractivity contribution < 1.29 is 0 Å². The summed E-state index contributed by atoms with van der Waals surface area (Å²) in [6, 6.07) is 17.5. The van der Waals surface area contributed by atoms with Crippen molar-refractivity contribution in [3.63, 3.8) is 0 Å². The van der Waals surface area contributed by atoms with Crippen LogP contribution in [-0.2, 0) is 6.42 Å². The SMILES string of the molecule is Cc1ccc(Cc2ccc(Sn3cccc3C)cc2)s1. The van der Waals surface area contributed by atoms with E-state index in [1.807, 2.05) is 11.3 Å². The smallest absolute Gasteiger partial charge is 0.0290 e. The Bertz CT molecular complexity index is 692. The van der Waals surface area contributed by atoms with Crippen molar-refractivity contribution in [2.45, 2.75) is 25.2 Å². The highest BCUT2D eigenvalue weighted by molar-refractivity contribution is 7.97. The van der Waals surface area contributed by atoms with Gasteiger partial charge >= 0.3 is 0 Å². The molecular weight excluding hydrogens is 282 g/mol. The van der Waals surface area contributed by atoms with Gasteiger partial charge < -0.3 is 0 Å². The van der Waals surface area contributed by atoms with Crippen molar-refractivity contribution in [3.8, 4) is 0 Å². The summed E-state index contributed by atoms with van der Waals surface area (Å²) in [7, 11) is 0. The largest absolute Gasteiger partial charge is 0.292 e. The predicted molar refractivity (Wildman–Crippen MR) is 88.7 cm³/mol. The van der Waals surface area contributed by atoms with Crippen LogP contribution >= 0.6 is 23.3 Å². The zero-order chi connectivity index (χ0) is 13.9. The number of rotatable bonds is 4. The van der Waals surface area contributed by atoms with Gasteiger partial charge in [-0.3, -0.25) is 3.97 Å². The molecule has 0 aliphatic rings. The molecule has 3 aromatic rings. The van der Waals surface area contributed by atoms with Crippen molar-refractivity contribution in [2.24, 2.45) is 0 Å². The number of aryl methyl sites for hydroxylation is 2. The van der Waals surface area contributed by atoms with Crippen LogP contribution in [0.15, 0.2) is 59.6 Å². The molecule has 0 unspecified atom stereocenters. The molecule has 0 fully saturated rings. The summed E-state index contributed by atoms with van der Waals surface area (Å²) in [5.74, 6) is 0. The Morgan fingerprint density at radius 2 is 1.80 bits per heavy atom. The average molecular weight is 299 g/mol. The lowest BCUT2D eigenvalue weighted by molar-refractivity contribution is 1.16. The van der Waals surface area contributed by atoms with E-state index in [4.69, 9.17) is 0 Å². The van der Waals surface area contributed by atoms with Crippen molar-refractivity contribution in [2.75, 3.05) is 0 Å². The van der Waals surface area contributed by atoms with Crippen LogP contribution in [0.2, 0.25) is 0 Å². The molecule has 102 valence electrons. The summed E-state index contributed by atoms with van der Waals surface area (Å²) in [6.45, 7) is 4.29. The molecule has 2 heterocycles. The third kappa shape index (κ3) is 3.17. The lowest BCUT2D eigenvalue weighted by Crippen LogP contribution is -1.88. The minimum absolute atomic E-state index is 1.03. The molecule has 1 aromatic carbocycles. The van der Waals surface area contributed by atoms with E-state index in [-0.39, 0.29) is 0 Å². The first-order chi connectivity index (χ1) is 9.70. The molecule has 0 aliphatic carbocycles. The zero-order valence-electron chi connectivity index (χ0n) is 11.7. The first-order valence-electron chi connectivity index (χ1n) is 6.67. The summed E-state index contributed by atoms with van der Waals surface area (Å²) in [5.41, 5.74) is 2.65. The maximum Gasteiger partial charge on any atom is 0.0290 e. The Morgan fingerprint density at radius 3 is 2.40 bits per heavy atom. The summed E-state index contributed by atoms with van der Waals surface area (Å²) in [6.07, 6.45) is 3.13. The molecular formula is C17H17NS2. The highest BCUT2D eigenvalue weighted by Crippen LogP contribution is 2.24. The molecule has 0 saturated heterocycles. The van der Waals surface area contributed by atoms with E-state index >= 15 is 0 Å². The van der Waals surface area contributed by atoms with Crippen LogP contribution in [0.5, 0.6) is 0 Å². The topological polar surface area (TPSA) is 4.93 Å².